The van der Waals surface area contributed by atoms with Gasteiger partial charge in [-0.2, -0.15) is 0 Å². The zero-order valence-electron chi connectivity index (χ0n) is 12.0. The first kappa shape index (κ1) is 18.8. The van der Waals surface area contributed by atoms with E-state index in [2.05, 4.69) is 10.1 Å². The minimum absolute atomic E-state index is 0.0292. The predicted molar refractivity (Wildman–Crippen MR) is 69.7 cm³/mol. The first-order chi connectivity index (χ1) is 9.23. The molecular formula is C13H23F2NO4. The van der Waals surface area contributed by atoms with Crippen LogP contribution in [0.1, 0.15) is 39.5 Å². The van der Waals surface area contributed by atoms with E-state index in [4.69, 9.17) is 5.11 Å². The SMILES string of the molecule is CC(C)(CCNC(=O)CCOCC(F)F)CCC(=O)O. The highest BCUT2D eigenvalue weighted by Crippen LogP contribution is 2.25. The Morgan fingerprint density at radius 1 is 1.25 bits per heavy atom. The maximum absolute atomic E-state index is 11.8. The fraction of sp³-hybridized carbons (Fsp3) is 0.846. The predicted octanol–water partition coefficient (Wildman–Crippen LogP) is 2.06. The molecule has 5 nitrogen and oxygen atoms in total. The first-order valence-corrected chi connectivity index (χ1v) is 6.57. The zero-order valence-corrected chi connectivity index (χ0v) is 12.0. The number of alkyl halides is 2. The molecule has 0 aliphatic heterocycles. The van der Waals surface area contributed by atoms with E-state index < -0.39 is 19.0 Å². The quantitative estimate of drug-likeness (QED) is 0.572. The number of carbonyl (C=O) groups excluding carboxylic acids is 1. The number of nitrogens with one attached hydrogen (secondary N) is 1. The molecule has 0 aromatic rings. The third kappa shape index (κ3) is 11.8. The van der Waals surface area contributed by atoms with E-state index in [1.165, 1.54) is 0 Å². The van der Waals surface area contributed by atoms with Crippen LogP contribution in [0, 0.1) is 5.41 Å². The molecule has 2 N–H and O–H groups in total. The lowest BCUT2D eigenvalue weighted by atomic mass is 9.84. The summed E-state index contributed by atoms with van der Waals surface area (Å²) in [5.41, 5.74) is -0.169. The van der Waals surface area contributed by atoms with Crippen LogP contribution < -0.4 is 5.32 Å². The molecule has 0 atom stereocenters. The Bertz CT molecular complexity index is 309. The van der Waals surface area contributed by atoms with Crippen molar-refractivity contribution in [1.29, 1.82) is 0 Å². The lowest BCUT2D eigenvalue weighted by Crippen LogP contribution is -2.29. The van der Waals surface area contributed by atoms with E-state index in [0.29, 0.717) is 19.4 Å². The standard InChI is InChI=1S/C13H23F2NO4/c1-13(2,5-3-12(18)19)6-7-16-11(17)4-8-20-9-10(14)15/h10H,3-9H2,1-2H3,(H,16,17)(H,18,19). The van der Waals surface area contributed by atoms with Crippen molar-refractivity contribution in [2.75, 3.05) is 19.8 Å². The van der Waals surface area contributed by atoms with E-state index in [1.807, 2.05) is 13.8 Å². The summed E-state index contributed by atoms with van der Waals surface area (Å²) in [6, 6.07) is 0. The van der Waals surface area contributed by atoms with E-state index in [9.17, 15) is 18.4 Å². The number of rotatable bonds is 11. The highest BCUT2D eigenvalue weighted by atomic mass is 19.3. The summed E-state index contributed by atoms with van der Waals surface area (Å²) in [7, 11) is 0. The number of carboxylic acid groups (broad SMARTS) is 1. The van der Waals surface area contributed by atoms with Crippen LogP contribution in [-0.2, 0) is 14.3 Å². The van der Waals surface area contributed by atoms with Crippen molar-refractivity contribution in [2.24, 2.45) is 5.41 Å². The maximum atomic E-state index is 11.8. The zero-order chi connectivity index (χ0) is 15.6. The minimum Gasteiger partial charge on any atom is -0.481 e. The first-order valence-electron chi connectivity index (χ1n) is 6.57. The second-order valence-corrected chi connectivity index (χ2v) is 5.37. The van der Waals surface area contributed by atoms with Gasteiger partial charge in [-0.25, -0.2) is 8.78 Å². The Labute approximate surface area is 117 Å². The molecule has 0 rings (SSSR count). The van der Waals surface area contributed by atoms with Crippen molar-refractivity contribution in [1.82, 2.24) is 5.32 Å². The lowest BCUT2D eigenvalue weighted by Gasteiger charge is -2.23. The average molecular weight is 295 g/mol. The Balaban J connectivity index is 3.66. The molecule has 0 fully saturated rings. The van der Waals surface area contributed by atoms with Gasteiger partial charge in [0.15, 0.2) is 0 Å². The molecule has 118 valence electrons. The molecule has 0 bridgehead atoms. The van der Waals surface area contributed by atoms with Gasteiger partial charge in [-0.3, -0.25) is 9.59 Å². The van der Waals surface area contributed by atoms with Crippen LogP contribution in [0.4, 0.5) is 8.78 Å². The molecule has 7 heteroatoms. The van der Waals surface area contributed by atoms with Crippen molar-refractivity contribution in [3.05, 3.63) is 0 Å². The van der Waals surface area contributed by atoms with Crippen LogP contribution in [0.2, 0.25) is 0 Å². The Morgan fingerprint density at radius 2 is 1.90 bits per heavy atom. The van der Waals surface area contributed by atoms with E-state index in [-0.39, 0.29) is 30.8 Å². The van der Waals surface area contributed by atoms with Gasteiger partial charge < -0.3 is 15.2 Å². The van der Waals surface area contributed by atoms with Crippen LogP contribution in [0.5, 0.6) is 0 Å². The molecule has 20 heavy (non-hydrogen) atoms. The van der Waals surface area contributed by atoms with Gasteiger partial charge in [0.2, 0.25) is 5.91 Å². The highest BCUT2D eigenvalue weighted by molar-refractivity contribution is 5.75. The van der Waals surface area contributed by atoms with Gasteiger partial charge in [-0.1, -0.05) is 13.8 Å². The summed E-state index contributed by atoms with van der Waals surface area (Å²) in [4.78, 5) is 21.9. The van der Waals surface area contributed by atoms with Crippen molar-refractivity contribution < 1.29 is 28.2 Å². The van der Waals surface area contributed by atoms with Crippen LogP contribution in [-0.4, -0.2) is 43.2 Å². The lowest BCUT2D eigenvalue weighted by molar-refractivity contribution is -0.137. The molecule has 0 spiro atoms. The highest BCUT2D eigenvalue weighted by Gasteiger charge is 2.19. The van der Waals surface area contributed by atoms with Gasteiger partial charge in [-0.15, -0.1) is 0 Å². The fourth-order valence-electron chi connectivity index (χ4n) is 1.54. The van der Waals surface area contributed by atoms with Gasteiger partial charge in [0.25, 0.3) is 6.43 Å². The molecule has 0 unspecified atom stereocenters. The average Bonchev–Trinajstić information content (AvgIpc) is 2.32. The van der Waals surface area contributed by atoms with Crippen LogP contribution >= 0.6 is 0 Å². The number of hydrogen-bond acceptors (Lipinski definition) is 3. The molecule has 0 radical (unpaired) electrons. The molecule has 0 aromatic carbocycles. The largest absolute Gasteiger partial charge is 0.481 e. The topological polar surface area (TPSA) is 75.6 Å². The van der Waals surface area contributed by atoms with Crippen LogP contribution in [0.25, 0.3) is 0 Å². The van der Waals surface area contributed by atoms with Gasteiger partial charge in [0, 0.05) is 19.4 Å². The van der Waals surface area contributed by atoms with Crippen molar-refractivity contribution in [2.45, 2.75) is 46.0 Å². The van der Waals surface area contributed by atoms with Crippen molar-refractivity contribution in [3.8, 4) is 0 Å². The number of amides is 1. The smallest absolute Gasteiger partial charge is 0.303 e. The van der Waals surface area contributed by atoms with Gasteiger partial charge >= 0.3 is 5.97 Å². The van der Waals surface area contributed by atoms with E-state index in [1.54, 1.807) is 0 Å². The summed E-state index contributed by atoms with van der Waals surface area (Å²) < 4.78 is 28.1. The van der Waals surface area contributed by atoms with Gasteiger partial charge in [-0.05, 0) is 18.3 Å². The minimum atomic E-state index is -2.52. The molecule has 1 amide bonds. The summed E-state index contributed by atoms with van der Waals surface area (Å²) in [6.45, 7) is 3.62. The molecule has 0 saturated heterocycles. The van der Waals surface area contributed by atoms with Crippen molar-refractivity contribution >= 4 is 11.9 Å². The number of hydrogen-bond donors (Lipinski definition) is 2. The number of aliphatic carboxylic acids is 1. The fourth-order valence-corrected chi connectivity index (χ4v) is 1.54. The maximum Gasteiger partial charge on any atom is 0.303 e. The number of carboxylic acids is 1. The van der Waals surface area contributed by atoms with E-state index in [0.717, 1.165) is 0 Å². The van der Waals surface area contributed by atoms with E-state index >= 15 is 0 Å². The normalized spacial score (nSPS) is 11.7. The Hall–Kier alpha value is -1.24. The number of carbonyl (C=O) groups is 2. The molecular weight excluding hydrogens is 272 g/mol. The summed E-state index contributed by atoms with van der Waals surface area (Å²) >= 11 is 0. The molecule has 0 aromatic heterocycles. The third-order valence-electron chi connectivity index (χ3n) is 2.86. The summed E-state index contributed by atoms with van der Waals surface area (Å²) in [5.74, 6) is -1.09. The number of halogens is 2. The molecule has 0 aliphatic carbocycles. The van der Waals surface area contributed by atoms with Crippen molar-refractivity contribution in [3.63, 3.8) is 0 Å². The third-order valence-corrected chi connectivity index (χ3v) is 2.86. The Kier molecular flexibility index (Phi) is 9.03. The number of ether oxygens (including phenoxy) is 1. The van der Waals surface area contributed by atoms with Crippen LogP contribution in [0.15, 0.2) is 0 Å². The molecule has 0 heterocycles. The summed E-state index contributed by atoms with van der Waals surface area (Å²) in [6.07, 6.45) is -1.18. The van der Waals surface area contributed by atoms with Gasteiger partial charge in [0.1, 0.15) is 6.61 Å². The Morgan fingerprint density at radius 3 is 2.45 bits per heavy atom. The second kappa shape index (κ2) is 9.63. The molecule has 0 saturated carbocycles. The van der Waals surface area contributed by atoms with Crippen LogP contribution in [0.3, 0.4) is 0 Å². The summed E-state index contributed by atoms with van der Waals surface area (Å²) in [5, 5.41) is 11.3. The monoisotopic (exact) mass is 295 g/mol. The second-order valence-electron chi connectivity index (χ2n) is 5.37. The molecule has 0 aliphatic rings. The van der Waals surface area contributed by atoms with Gasteiger partial charge in [0.05, 0.1) is 6.61 Å².